The van der Waals surface area contributed by atoms with E-state index in [1.807, 2.05) is 13.0 Å². The number of ether oxygens (including phenoxy) is 2. The van der Waals surface area contributed by atoms with E-state index in [0.717, 1.165) is 17.5 Å². The number of carbonyl (C=O) groups is 2. The normalized spacial score (nSPS) is 12.9. The van der Waals surface area contributed by atoms with Gasteiger partial charge >= 0.3 is 0 Å². The topological polar surface area (TPSA) is 89.8 Å². The Kier molecular flexibility index (Phi) is 5.96. The number of hydrogen-bond acceptors (Lipinski definition) is 6. The molecule has 0 radical (unpaired) electrons. The van der Waals surface area contributed by atoms with Gasteiger partial charge < -0.3 is 24.5 Å². The highest BCUT2D eigenvalue weighted by atomic mass is 35.5. The molecule has 9 heteroatoms. The fraction of sp³-hybridized carbons (Fsp3) is 0.238. The summed E-state index contributed by atoms with van der Waals surface area (Å²) >= 11 is 7.51. The minimum atomic E-state index is -0.366. The Hall–Kier alpha value is -2.97. The van der Waals surface area contributed by atoms with Crippen LogP contribution in [-0.2, 0) is 6.54 Å². The maximum Gasteiger partial charge on any atom is 0.291 e. The van der Waals surface area contributed by atoms with Crippen molar-refractivity contribution >= 4 is 39.8 Å². The van der Waals surface area contributed by atoms with Crippen molar-refractivity contribution in [3.05, 3.63) is 63.4 Å². The van der Waals surface area contributed by atoms with Gasteiger partial charge in [0.05, 0.1) is 34.4 Å². The summed E-state index contributed by atoms with van der Waals surface area (Å²) in [5.41, 5.74) is 1.57. The Morgan fingerprint density at radius 1 is 1.17 bits per heavy atom. The van der Waals surface area contributed by atoms with E-state index in [-0.39, 0.29) is 24.1 Å². The van der Waals surface area contributed by atoms with E-state index in [1.165, 1.54) is 17.6 Å². The van der Waals surface area contributed by atoms with Crippen LogP contribution in [-0.4, -0.2) is 25.0 Å². The molecular weight excluding hydrogens is 428 g/mol. The van der Waals surface area contributed by atoms with Crippen LogP contribution in [0.3, 0.4) is 0 Å². The lowest BCUT2D eigenvalue weighted by Crippen LogP contribution is -2.22. The molecule has 2 aromatic heterocycles. The Balaban J connectivity index is 1.42. The SMILES string of the molecule is Cc1cc(NC(=O)c2ccco2)sc1C(=O)NCc1cc(Cl)c2c(c1)OCCCO2. The number of nitrogens with one attached hydrogen (secondary N) is 2. The minimum Gasteiger partial charge on any atom is -0.489 e. The molecule has 156 valence electrons. The molecule has 0 unspecified atom stereocenters. The molecule has 2 amide bonds. The minimum absolute atomic E-state index is 0.207. The van der Waals surface area contributed by atoms with Crippen LogP contribution in [0.25, 0.3) is 0 Å². The summed E-state index contributed by atoms with van der Waals surface area (Å²) in [7, 11) is 0. The van der Waals surface area contributed by atoms with Crippen molar-refractivity contribution in [3.8, 4) is 11.5 Å². The highest BCUT2D eigenvalue weighted by molar-refractivity contribution is 7.18. The molecule has 0 atom stereocenters. The molecule has 1 aromatic carbocycles. The number of carbonyl (C=O) groups excluding carboxylic acids is 2. The third-order valence-corrected chi connectivity index (χ3v) is 5.85. The van der Waals surface area contributed by atoms with Crippen molar-refractivity contribution in [2.75, 3.05) is 18.5 Å². The van der Waals surface area contributed by atoms with Crippen LogP contribution < -0.4 is 20.1 Å². The fourth-order valence-electron chi connectivity index (χ4n) is 3.00. The van der Waals surface area contributed by atoms with Gasteiger partial charge in [-0.05, 0) is 48.4 Å². The zero-order chi connectivity index (χ0) is 21.1. The third kappa shape index (κ3) is 4.44. The van der Waals surface area contributed by atoms with Crippen LogP contribution >= 0.6 is 22.9 Å². The number of furan rings is 1. The molecule has 30 heavy (non-hydrogen) atoms. The number of fused-ring (bicyclic) bond motifs is 1. The number of halogens is 1. The van der Waals surface area contributed by atoms with Crippen LogP contribution in [0.4, 0.5) is 5.00 Å². The Labute approximate surface area is 181 Å². The van der Waals surface area contributed by atoms with Crippen LogP contribution in [0.5, 0.6) is 11.5 Å². The number of anilines is 1. The molecule has 0 saturated carbocycles. The second-order valence-electron chi connectivity index (χ2n) is 6.69. The largest absolute Gasteiger partial charge is 0.489 e. The van der Waals surface area contributed by atoms with Crippen molar-refractivity contribution in [2.24, 2.45) is 0 Å². The number of hydrogen-bond donors (Lipinski definition) is 2. The molecule has 0 saturated heterocycles. The predicted molar refractivity (Wildman–Crippen MR) is 114 cm³/mol. The van der Waals surface area contributed by atoms with Gasteiger partial charge in [-0.15, -0.1) is 11.3 Å². The van der Waals surface area contributed by atoms with Crippen molar-refractivity contribution in [1.82, 2.24) is 5.32 Å². The standard InChI is InChI=1S/C21H19ClN2O5S/c1-12-8-17(24-20(25)15-4-2-5-27-15)30-19(12)21(26)23-11-13-9-14(22)18-16(10-13)28-6-3-7-29-18/h2,4-5,8-10H,3,6-7,11H2,1H3,(H,23,26)(H,24,25). The van der Waals surface area contributed by atoms with Gasteiger partial charge in [-0.3, -0.25) is 9.59 Å². The first-order chi connectivity index (χ1) is 14.5. The highest BCUT2D eigenvalue weighted by Gasteiger charge is 2.18. The van der Waals surface area contributed by atoms with E-state index in [0.29, 0.717) is 39.6 Å². The second-order valence-corrected chi connectivity index (χ2v) is 8.15. The zero-order valence-corrected chi connectivity index (χ0v) is 17.7. The molecular formula is C21H19ClN2O5S. The number of thiophene rings is 1. The van der Waals surface area contributed by atoms with Crippen molar-refractivity contribution in [2.45, 2.75) is 19.9 Å². The summed E-state index contributed by atoms with van der Waals surface area (Å²) in [6.45, 7) is 3.21. The molecule has 3 heterocycles. The summed E-state index contributed by atoms with van der Waals surface area (Å²) in [6, 6.07) is 8.54. The maximum absolute atomic E-state index is 12.7. The molecule has 2 N–H and O–H groups in total. The Morgan fingerprint density at radius 3 is 2.80 bits per heavy atom. The van der Waals surface area contributed by atoms with Gasteiger partial charge in [-0.25, -0.2) is 0 Å². The van der Waals surface area contributed by atoms with Gasteiger partial charge in [0.25, 0.3) is 11.8 Å². The van der Waals surface area contributed by atoms with E-state index >= 15 is 0 Å². The molecule has 3 aromatic rings. The molecule has 0 fully saturated rings. The number of aryl methyl sites for hydroxylation is 1. The zero-order valence-electron chi connectivity index (χ0n) is 16.1. The van der Waals surface area contributed by atoms with E-state index < -0.39 is 0 Å². The molecule has 7 nitrogen and oxygen atoms in total. The smallest absolute Gasteiger partial charge is 0.291 e. The molecule has 0 spiro atoms. The number of rotatable bonds is 5. The maximum atomic E-state index is 12.7. The lowest BCUT2D eigenvalue weighted by molar-refractivity contribution is 0.0953. The predicted octanol–water partition coefficient (Wildman–Crippen LogP) is 4.65. The van der Waals surface area contributed by atoms with Gasteiger partial charge in [-0.2, -0.15) is 0 Å². The molecule has 1 aliphatic rings. The number of amides is 2. The van der Waals surface area contributed by atoms with E-state index in [4.69, 9.17) is 25.5 Å². The summed E-state index contributed by atoms with van der Waals surface area (Å²) in [4.78, 5) is 25.3. The first-order valence-electron chi connectivity index (χ1n) is 9.33. The van der Waals surface area contributed by atoms with Crippen LogP contribution in [0, 0.1) is 6.92 Å². The lowest BCUT2D eigenvalue weighted by atomic mass is 10.2. The van der Waals surface area contributed by atoms with Gasteiger partial charge in [0.15, 0.2) is 17.3 Å². The van der Waals surface area contributed by atoms with Crippen molar-refractivity contribution in [3.63, 3.8) is 0 Å². The van der Waals surface area contributed by atoms with Crippen molar-refractivity contribution in [1.29, 1.82) is 0 Å². The van der Waals surface area contributed by atoms with Crippen molar-refractivity contribution < 1.29 is 23.5 Å². The summed E-state index contributed by atoms with van der Waals surface area (Å²) in [6.07, 6.45) is 2.22. The first kappa shape index (κ1) is 20.3. The Bertz CT molecular complexity index is 1080. The molecule has 0 aliphatic carbocycles. The first-order valence-corrected chi connectivity index (χ1v) is 10.5. The van der Waals surface area contributed by atoms with E-state index in [9.17, 15) is 9.59 Å². The Morgan fingerprint density at radius 2 is 2.00 bits per heavy atom. The molecule has 1 aliphatic heterocycles. The van der Waals surface area contributed by atoms with Crippen LogP contribution in [0.2, 0.25) is 5.02 Å². The third-order valence-electron chi connectivity index (χ3n) is 4.42. The molecule has 4 rings (SSSR count). The summed E-state index contributed by atoms with van der Waals surface area (Å²) in [5, 5.41) is 6.64. The van der Waals surface area contributed by atoms with Crippen LogP contribution in [0.15, 0.2) is 41.0 Å². The van der Waals surface area contributed by atoms with Gasteiger partial charge in [0.1, 0.15) is 0 Å². The molecule has 0 bridgehead atoms. The van der Waals surface area contributed by atoms with E-state index in [1.54, 1.807) is 24.3 Å². The average molecular weight is 447 g/mol. The monoisotopic (exact) mass is 446 g/mol. The summed E-state index contributed by atoms with van der Waals surface area (Å²) < 4.78 is 16.4. The van der Waals surface area contributed by atoms with Gasteiger partial charge in [-0.1, -0.05) is 11.6 Å². The summed E-state index contributed by atoms with van der Waals surface area (Å²) in [5.74, 6) is 0.724. The number of benzene rings is 1. The lowest BCUT2D eigenvalue weighted by Gasteiger charge is -2.12. The highest BCUT2D eigenvalue weighted by Crippen LogP contribution is 2.38. The fourth-order valence-corrected chi connectivity index (χ4v) is 4.27. The average Bonchev–Trinajstić information content (AvgIpc) is 3.31. The van der Waals surface area contributed by atoms with Gasteiger partial charge in [0.2, 0.25) is 0 Å². The van der Waals surface area contributed by atoms with E-state index in [2.05, 4.69) is 10.6 Å². The van der Waals surface area contributed by atoms with Gasteiger partial charge in [0, 0.05) is 13.0 Å². The van der Waals surface area contributed by atoms with Crippen LogP contribution in [0.1, 0.15) is 37.8 Å². The quantitative estimate of drug-likeness (QED) is 0.595. The second kappa shape index (κ2) is 8.81.